The number of thioether (sulfide) groups is 1. The van der Waals surface area contributed by atoms with Gasteiger partial charge in [-0.2, -0.15) is 11.8 Å². The topological polar surface area (TPSA) is 61.4 Å². The van der Waals surface area contributed by atoms with Crippen molar-refractivity contribution in [3.8, 4) is 0 Å². The van der Waals surface area contributed by atoms with Gasteiger partial charge in [-0.15, -0.1) is 11.3 Å². The normalized spacial score (nSPS) is 14.2. The van der Waals surface area contributed by atoms with Crippen LogP contribution in [0.25, 0.3) is 0 Å². The van der Waals surface area contributed by atoms with Crippen molar-refractivity contribution >= 4 is 40.7 Å². The highest BCUT2D eigenvalue weighted by Gasteiger charge is 2.16. The number of thiophene rings is 1. The third kappa shape index (κ3) is 5.51. The van der Waals surface area contributed by atoms with Crippen molar-refractivity contribution in [2.75, 3.05) is 29.9 Å². The molecule has 3 amide bonds. The Morgan fingerprint density at radius 1 is 1.08 bits per heavy atom. The summed E-state index contributed by atoms with van der Waals surface area (Å²) in [6.45, 7) is 2.20. The molecule has 1 fully saturated rings. The van der Waals surface area contributed by atoms with Gasteiger partial charge >= 0.3 is 6.03 Å². The first-order valence-corrected chi connectivity index (χ1v) is 10.3. The molecule has 0 radical (unpaired) electrons. The number of hydrogen-bond acceptors (Lipinski definition) is 4. The standard InChI is InChI=1S/C18H21N3O2S2/c22-17(21-7-10-24-11-8-21)12-14-3-5-15(6-4-14)20-18(23)19-13-16-2-1-9-25-16/h1-6,9H,7-8,10-13H2,(H2,19,20,23). The molecule has 0 spiro atoms. The monoisotopic (exact) mass is 375 g/mol. The molecule has 0 aliphatic carbocycles. The molecule has 1 aromatic heterocycles. The molecule has 0 bridgehead atoms. The molecule has 1 aliphatic heterocycles. The lowest BCUT2D eigenvalue weighted by atomic mass is 10.1. The summed E-state index contributed by atoms with van der Waals surface area (Å²) >= 11 is 3.50. The predicted molar refractivity (Wildman–Crippen MR) is 104 cm³/mol. The minimum atomic E-state index is -0.233. The number of anilines is 1. The van der Waals surface area contributed by atoms with Crippen LogP contribution >= 0.6 is 23.1 Å². The lowest BCUT2D eigenvalue weighted by molar-refractivity contribution is -0.130. The molecule has 0 unspecified atom stereocenters. The third-order valence-electron chi connectivity index (χ3n) is 3.93. The molecule has 2 N–H and O–H groups in total. The first-order chi connectivity index (χ1) is 12.2. The van der Waals surface area contributed by atoms with Gasteiger partial charge in [0.25, 0.3) is 0 Å². The van der Waals surface area contributed by atoms with Crippen LogP contribution in [-0.4, -0.2) is 41.4 Å². The summed E-state index contributed by atoms with van der Waals surface area (Å²) in [5, 5.41) is 7.61. The van der Waals surface area contributed by atoms with Crippen LogP contribution < -0.4 is 10.6 Å². The van der Waals surface area contributed by atoms with Crippen LogP contribution in [0.15, 0.2) is 41.8 Å². The Labute approximate surface area is 155 Å². The summed E-state index contributed by atoms with van der Waals surface area (Å²) in [5.41, 5.74) is 1.68. The van der Waals surface area contributed by atoms with Crippen LogP contribution in [0.1, 0.15) is 10.4 Å². The second-order valence-corrected chi connectivity index (χ2v) is 8.01. The number of benzene rings is 1. The smallest absolute Gasteiger partial charge is 0.319 e. The van der Waals surface area contributed by atoms with Crippen LogP contribution in [0.3, 0.4) is 0 Å². The number of nitrogens with zero attached hydrogens (tertiary/aromatic N) is 1. The molecular formula is C18H21N3O2S2. The molecule has 5 nitrogen and oxygen atoms in total. The van der Waals surface area contributed by atoms with E-state index in [1.54, 1.807) is 11.3 Å². The van der Waals surface area contributed by atoms with Crippen LogP contribution in [0, 0.1) is 0 Å². The zero-order chi connectivity index (χ0) is 17.5. The maximum atomic E-state index is 12.3. The Balaban J connectivity index is 1.46. The van der Waals surface area contributed by atoms with Crippen molar-refractivity contribution in [3.63, 3.8) is 0 Å². The van der Waals surface area contributed by atoms with Crippen LogP contribution in [-0.2, 0) is 17.8 Å². The SMILES string of the molecule is O=C(NCc1cccs1)Nc1ccc(CC(=O)N2CCSCC2)cc1. The van der Waals surface area contributed by atoms with Gasteiger partial charge in [-0.25, -0.2) is 4.79 Å². The second kappa shape index (κ2) is 8.92. The van der Waals surface area contributed by atoms with Crippen molar-refractivity contribution in [2.24, 2.45) is 0 Å². The van der Waals surface area contributed by atoms with Crippen LogP contribution in [0.2, 0.25) is 0 Å². The van der Waals surface area contributed by atoms with Gasteiger partial charge in [-0.3, -0.25) is 4.79 Å². The van der Waals surface area contributed by atoms with E-state index in [1.165, 1.54) is 0 Å². The molecule has 1 aliphatic rings. The van der Waals surface area contributed by atoms with E-state index in [0.717, 1.165) is 35.0 Å². The van der Waals surface area contributed by atoms with Gasteiger partial charge in [0.05, 0.1) is 13.0 Å². The fourth-order valence-corrected chi connectivity index (χ4v) is 4.11. The van der Waals surface area contributed by atoms with E-state index in [1.807, 2.05) is 58.4 Å². The van der Waals surface area contributed by atoms with Crippen molar-refractivity contribution in [2.45, 2.75) is 13.0 Å². The average Bonchev–Trinajstić information content (AvgIpc) is 3.16. The Bertz CT molecular complexity index is 696. The number of carbonyl (C=O) groups is 2. The minimum absolute atomic E-state index is 0.176. The van der Waals surface area contributed by atoms with E-state index in [-0.39, 0.29) is 11.9 Å². The highest BCUT2D eigenvalue weighted by Crippen LogP contribution is 2.14. The van der Waals surface area contributed by atoms with E-state index in [9.17, 15) is 9.59 Å². The lowest BCUT2D eigenvalue weighted by Crippen LogP contribution is -2.38. The zero-order valence-electron chi connectivity index (χ0n) is 13.9. The van der Waals surface area contributed by atoms with Gasteiger partial charge in [0, 0.05) is 35.2 Å². The molecule has 1 aromatic carbocycles. The van der Waals surface area contributed by atoms with E-state index in [2.05, 4.69) is 10.6 Å². The number of nitrogens with one attached hydrogen (secondary N) is 2. The molecular weight excluding hydrogens is 354 g/mol. The lowest BCUT2D eigenvalue weighted by Gasteiger charge is -2.26. The number of hydrogen-bond donors (Lipinski definition) is 2. The van der Waals surface area contributed by atoms with Gasteiger partial charge in [0.1, 0.15) is 0 Å². The third-order valence-corrected chi connectivity index (χ3v) is 5.75. The van der Waals surface area contributed by atoms with Gasteiger partial charge in [-0.05, 0) is 29.1 Å². The van der Waals surface area contributed by atoms with Crippen molar-refractivity contribution in [1.82, 2.24) is 10.2 Å². The van der Waals surface area contributed by atoms with E-state index in [0.29, 0.717) is 18.7 Å². The second-order valence-electron chi connectivity index (χ2n) is 5.75. The van der Waals surface area contributed by atoms with Gasteiger partial charge in [-0.1, -0.05) is 18.2 Å². The molecule has 132 valence electrons. The molecule has 1 saturated heterocycles. The summed E-state index contributed by atoms with van der Waals surface area (Å²) < 4.78 is 0. The fourth-order valence-electron chi connectivity index (χ4n) is 2.56. The van der Waals surface area contributed by atoms with E-state index in [4.69, 9.17) is 0 Å². The first kappa shape index (κ1) is 17.8. The minimum Gasteiger partial charge on any atom is -0.341 e. The number of rotatable bonds is 5. The summed E-state index contributed by atoms with van der Waals surface area (Å²) in [4.78, 5) is 27.2. The Morgan fingerprint density at radius 3 is 2.52 bits per heavy atom. The number of urea groups is 1. The van der Waals surface area contributed by atoms with Crippen LogP contribution in [0.5, 0.6) is 0 Å². The summed E-state index contributed by atoms with van der Waals surface area (Å²) in [6, 6.07) is 11.2. The first-order valence-electron chi connectivity index (χ1n) is 8.22. The van der Waals surface area contributed by atoms with Gasteiger partial charge < -0.3 is 15.5 Å². The quantitative estimate of drug-likeness (QED) is 0.844. The molecule has 7 heteroatoms. The van der Waals surface area contributed by atoms with Gasteiger partial charge in [0.2, 0.25) is 5.91 Å². The van der Waals surface area contributed by atoms with Gasteiger partial charge in [0.15, 0.2) is 0 Å². The van der Waals surface area contributed by atoms with Crippen molar-refractivity contribution in [1.29, 1.82) is 0 Å². The summed E-state index contributed by atoms with van der Waals surface area (Å²) in [5.74, 6) is 2.22. The van der Waals surface area contributed by atoms with Crippen molar-refractivity contribution < 1.29 is 9.59 Å². The molecule has 3 rings (SSSR count). The Hall–Kier alpha value is -1.99. The maximum absolute atomic E-state index is 12.3. The molecule has 2 heterocycles. The van der Waals surface area contributed by atoms with E-state index < -0.39 is 0 Å². The van der Waals surface area contributed by atoms with E-state index >= 15 is 0 Å². The Morgan fingerprint density at radius 2 is 1.84 bits per heavy atom. The van der Waals surface area contributed by atoms with Crippen molar-refractivity contribution in [3.05, 3.63) is 52.2 Å². The largest absolute Gasteiger partial charge is 0.341 e. The predicted octanol–water partition coefficient (Wildman–Crippen LogP) is 3.19. The molecule has 25 heavy (non-hydrogen) atoms. The molecule has 0 saturated carbocycles. The molecule has 2 aromatic rings. The Kier molecular flexibility index (Phi) is 6.36. The number of amides is 3. The molecule has 0 atom stereocenters. The highest BCUT2D eigenvalue weighted by atomic mass is 32.2. The average molecular weight is 376 g/mol. The maximum Gasteiger partial charge on any atom is 0.319 e. The summed E-state index contributed by atoms with van der Waals surface area (Å²) in [6.07, 6.45) is 0.412. The fraction of sp³-hybridized carbons (Fsp3) is 0.333. The number of carbonyl (C=O) groups excluding carboxylic acids is 2. The summed E-state index contributed by atoms with van der Waals surface area (Å²) in [7, 11) is 0. The van der Waals surface area contributed by atoms with Crippen LogP contribution in [0.4, 0.5) is 10.5 Å². The highest BCUT2D eigenvalue weighted by molar-refractivity contribution is 7.99. The zero-order valence-corrected chi connectivity index (χ0v) is 15.5.